The number of piperidine rings is 1. The number of hydrazine groups is 1. The van der Waals surface area contributed by atoms with Gasteiger partial charge < -0.3 is 10.2 Å². The number of nitrogens with zero attached hydrogens (tertiary/aromatic N) is 1. The van der Waals surface area contributed by atoms with E-state index in [1.165, 1.54) is 5.01 Å². The minimum atomic E-state index is -0.459. The Labute approximate surface area is 53.9 Å². The van der Waals surface area contributed by atoms with Gasteiger partial charge in [0.15, 0.2) is 0 Å². The summed E-state index contributed by atoms with van der Waals surface area (Å²) in [6, 6.07) is 0. The molecule has 2 atom stereocenters. The van der Waals surface area contributed by atoms with Gasteiger partial charge in [0.25, 0.3) is 0 Å². The molecule has 4 heteroatoms. The maximum Gasteiger partial charge on any atom is 0.0706 e. The van der Waals surface area contributed by atoms with Gasteiger partial charge in [-0.1, -0.05) is 0 Å². The zero-order chi connectivity index (χ0) is 6.85. The number of β-amino-alcohol motifs (C(OH)–C–C–N with tert-alkyl or cyclic N) is 2. The van der Waals surface area contributed by atoms with E-state index in [-0.39, 0.29) is 0 Å². The fourth-order valence-electron chi connectivity index (χ4n) is 1.08. The van der Waals surface area contributed by atoms with Gasteiger partial charge in [-0.05, 0) is 0 Å². The van der Waals surface area contributed by atoms with Gasteiger partial charge in [0, 0.05) is 19.5 Å². The smallest absolute Gasteiger partial charge is 0.0706 e. The zero-order valence-electron chi connectivity index (χ0n) is 5.20. The van der Waals surface area contributed by atoms with E-state index < -0.39 is 12.2 Å². The number of rotatable bonds is 0. The highest BCUT2D eigenvalue weighted by Crippen LogP contribution is 2.06. The fraction of sp³-hybridized carbons (Fsp3) is 1.00. The van der Waals surface area contributed by atoms with E-state index in [1.54, 1.807) is 0 Å². The standard InChI is InChI=1S/C5H12N2O2/c6-7-2-4(8)1-5(9)3-7/h4-5,8-9H,1-3,6H2. The molecule has 1 aliphatic heterocycles. The average molecular weight is 132 g/mol. The van der Waals surface area contributed by atoms with Crippen LogP contribution < -0.4 is 5.84 Å². The largest absolute Gasteiger partial charge is 0.392 e. The molecule has 0 bridgehead atoms. The minimum Gasteiger partial charge on any atom is -0.392 e. The van der Waals surface area contributed by atoms with Gasteiger partial charge in [0.2, 0.25) is 0 Å². The van der Waals surface area contributed by atoms with Gasteiger partial charge in [0.1, 0.15) is 0 Å². The van der Waals surface area contributed by atoms with Crippen molar-refractivity contribution >= 4 is 0 Å². The molecule has 1 fully saturated rings. The summed E-state index contributed by atoms with van der Waals surface area (Å²) in [4.78, 5) is 0. The van der Waals surface area contributed by atoms with Crippen molar-refractivity contribution in [2.45, 2.75) is 18.6 Å². The summed E-state index contributed by atoms with van der Waals surface area (Å²) in [5.41, 5.74) is 0. The van der Waals surface area contributed by atoms with Crippen LogP contribution >= 0.6 is 0 Å². The molecule has 1 rings (SSSR count). The van der Waals surface area contributed by atoms with Crippen molar-refractivity contribution in [1.29, 1.82) is 0 Å². The molecule has 4 N–H and O–H groups in total. The van der Waals surface area contributed by atoms with Crippen LogP contribution in [0, 0.1) is 0 Å². The summed E-state index contributed by atoms with van der Waals surface area (Å²) < 4.78 is 0. The van der Waals surface area contributed by atoms with Crippen molar-refractivity contribution in [3.8, 4) is 0 Å². The van der Waals surface area contributed by atoms with E-state index in [0.29, 0.717) is 19.5 Å². The van der Waals surface area contributed by atoms with E-state index in [9.17, 15) is 0 Å². The second-order valence-electron chi connectivity index (χ2n) is 2.50. The Morgan fingerprint density at radius 2 is 1.67 bits per heavy atom. The quantitative estimate of drug-likeness (QED) is 0.343. The number of aliphatic hydroxyl groups excluding tert-OH is 2. The second kappa shape index (κ2) is 2.62. The van der Waals surface area contributed by atoms with Gasteiger partial charge in [-0.3, -0.25) is 5.84 Å². The molecule has 0 aromatic rings. The minimum absolute atomic E-state index is 0.452. The van der Waals surface area contributed by atoms with Gasteiger partial charge in [-0.15, -0.1) is 0 Å². The van der Waals surface area contributed by atoms with Crippen LogP contribution in [0.3, 0.4) is 0 Å². The molecule has 4 nitrogen and oxygen atoms in total. The molecule has 2 unspecified atom stereocenters. The van der Waals surface area contributed by atoms with Crippen LogP contribution in [-0.4, -0.2) is 40.5 Å². The number of hydrogen-bond donors (Lipinski definition) is 3. The summed E-state index contributed by atoms with van der Waals surface area (Å²) in [7, 11) is 0. The van der Waals surface area contributed by atoms with Crippen molar-refractivity contribution in [3.63, 3.8) is 0 Å². The number of aliphatic hydroxyl groups is 2. The van der Waals surface area contributed by atoms with Crippen LogP contribution in [0.2, 0.25) is 0 Å². The van der Waals surface area contributed by atoms with E-state index in [1.807, 2.05) is 0 Å². The lowest BCUT2D eigenvalue weighted by Gasteiger charge is -2.29. The lowest BCUT2D eigenvalue weighted by atomic mass is 10.1. The van der Waals surface area contributed by atoms with Crippen molar-refractivity contribution in [3.05, 3.63) is 0 Å². The lowest BCUT2D eigenvalue weighted by molar-refractivity contribution is -0.00819. The normalized spacial score (nSPS) is 39.0. The molecule has 0 aliphatic carbocycles. The third-order valence-corrected chi connectivity index (χ3v) is 1.43. The molecular weight excluding hydrogens is 120 g/mol. The first-order chi connectivity index (χ1) is 4.18. The first-order valence-electron chi connectivity index (χ1n) is 3.04. The molecule has 9 heavy (non-hydrogen) atoms. The summed E-state index contributed by atoms with van der Waals surface area (Å²) in [5, 5.41) is 19.4. The molecule has 1 aliphatic rings. The molecule has 0 spiro atoms. The van der Waals surface area contributed by atoms with E-state index in [0.717, 1.165) is 0 Å². The third kappa shape index (κ3) is 1.91. The predicted molar refractivity (Wildman–Crippen MR) is 32.4 cm³/mol. The molecule has 1 saturated heterocycles. The summed E-state index contributed by atoms with van der Waals surface area (Å²) >= 11 is 0. The second-order valence-corrected chi connectivity index (χ2v) is 2.50. The average Bonchev–Trinajstić information content (AvgIpc) is 1.59. The molecule has 54 valence electrons. The van der Waals surface area contributed by atoms with Crippen molar-refractivity contribution in [1.82, 2.24) is 5.01 Å². The van der Waals surface area contributed by atoms with Crippen molar-refractivity contribution in [2.24, 2.45) is 5.84 Å². The fourth-order valence-corrected chi connectivity index (χ4v) is 1.08. The van der Waals surface area contributed by atoms with Crippen LogP contribution in [0.25, 0.3) is 0 Å². The van der Waals surface area contributed by atoms with E-state index in [2.05, 4.69) is 0 Å². The number of hydrogen-bond acceptors (Lipinski definition) is 4. The molecular formula is C5H12N2O2. The predicted octanol–water partition coefficient (Wildman–Crippen LogP) is -1.71. The number of nitrogens with two attached hydrogens (primary N) is 1. The van der Waals surface area contributed by atoms with Crippen molar-refractivity contribution < 1.29 is 10.2 Å². The highest BCUT2D eigenvalue weighted by molar-refractivity contribution is 4.74. The zero-order valence-corrected chi connectivity index (χ0v) is 5.20. The monoisotopic (exact) mass is 132 g/mol. The Kier molecular flexibility index (Phi) is 2.02. The molecule has 1 heterocycles. The Morgan fingerprint density at radius 1 is 1.22 bits per heavy atom. The molecule has 0 aromatic carbocycles. The highest BCUT2D eigenvalue weighted by atomic mass is 16.3. The summed E-state index contributed by atoms with van der Waals surface area (Å²) in [5.74, 6) is 5.33. The Morgan fingerprint density at radius 3 is 2.00 bits per heavy atom. The summed E-state index contributed by atoms with van der Waals surface area (Å²) in [6.45, 7) is 0.939. The maximum absolute atomic E-state index is 8.97. The van der Waals surface area contributed by atoms with Gasteiger partial charge in [-0.2, -0.15) is 0 Å². The Bertz CT molecular complexity index is 73.9. The van der Waals surface area contributed by atoms with Gasteiger partial charge in [-0.25, -0.2) is 5.01 Å². The SMILES string of the molecule is NN1CC(O)CC(O)C1. The topological polar surface area (TPSA) is 69.7 Å². The molecule has 0 saturated carbocycles. The van der Waals surface area contributed by atoms with Crippen LogP contribution in [0.4, 0.5) is 0 Å². The Hall–Kier alpha value is -0.160. The van der Waals surface area contributed by atoms with Crippen LogP contribution in [-0.2, 0) is 0 Å². The first-order valence-corrected chi connectivity index (χ1v) is 3.04. The maximum atomic E-state index is 8.97. The van der Waals surface area contributed by atoms with Crippen molar-refractivity contribution in [2.75, 3.05) is 13.1 Å². The van der Waals surface area contributed by atoms with Crippen LogP contribution in [0.15, 0.2) is 0 Å². The first kappa shape index (κ1) is 6.95. The Balaban J connectivity index is 2.34. The van der Waals surface area contributed by atoms with Crippen LogP contribution in [0.1, 0.15) is 6.42 Å². The molecule has 0 aromatic heterocycles. The van der Waals surface area contributed by atoms with E-state index in [4.69, 9.17) is 16.1 Å². The molecule has 0 amide bonds. The van der Waals surface area contributed by atoms with Gasteiger partial charge in [0.05, 0.1) is 12.2 Å². The van der Waals surface area contributed by atoms with E-state index >= 15 is 0 Å². The molecule has 0 radical (unpaired) electrons. The third-order valence-electron chi connectivity index (χ3n) is 1.43. The summed E-state index contributed by atoms with van der Waals surface area (Å²) in [6.07, 6.45) is -0.467. The van der Waals surface area contributed by atoms with Gasteiger partial charge >= 0.3 is 0 Å². The lowest BCUT2D eigenvalue weighted by Crippen LogP contribution is -2.49. The highest BCUT2D eigenvalue weighted by Gasteiger charge is 2.21. The van der Waals surface area contributed by atoms with Crippen LogP contribution in [0.5, 0.6) is 0 Å².